The lowest BCUT2D eigenvalue weighted by molar-refractivity contribution is -0.142. The van der Waals surface area contributed by atoms with E-state index in [1.807, 2.05) is 0 Å². The fourth-order valence-corrected chi connectivity index (χ4v) is 1.67. The standard InChI is InChI=1S/C13H15NO5/c1-17-13(16)9-2-4-10(5-3-9)14-12(15)11-8-18-6-7-19-11/h2-5,11H,6-8H2,1H3,(H,14,15). The predicted octanol–water partition coefficient (Wildman–Crippen LogP) is 0.827. The zero-order valence-electron chi connectivity index (χ0n) is 10.5. The number of methoxy groups -OCH3 is 1. The van der Waals surface area contributed by atoms with Gasteiger partial charge < -0.3 is 19.5 Å². The lowest BCUT2D eigenvalue weighted by Gasteiger charge is -2.22. The van der Waals surface area contributed by atoms with Crippen LogP contribution in [0, 0.1) is 0 Å². The molecule has 19 heavy (non-hydrogen) atoms. The minimum atomic E-state index is -0.589. The molecule has 1 heterocycles. The van der Waals surface area contributed by atoms with Gasteiger partial charge in [-0.25, -0.2) is 4.79 Å². The average molecular weight is 265 g/mol. The summed E-state index contributed by atoms with van der Waals surface area (Å²) in [6, 6.07) is 6.43. The first-order valence-corrected chi connectivity index (χ1v) is 5.89. The van der Waals surface area contributed by atoms with Crippen LogP contribution in [0.15, 0.2) is 24.3 Å². The molecule has 0 saturated carbocycles. The molecule has 0 bridgehead atoms. The maximum Gasteiger partial charge on any atom is 0.337 e. The highest BCUT2D eigenvalue weighted by Crippen LogP contribution is 2.12. The summed E-state index contributed by atoms with van der Waals surface area (Å²) in [4.78, 5) is 23.1. The molecule has 6 heteroatoms. The first-order valence-electron chi connectivity index (χ1n) is 5.89. The lowest BCUT2D eigenvalue weighted by Crippen LogP contribution is -2.39. The Balaban J connectivity index is 1.95. The van der Waals surface area contributed by atoms with Gasteiger partial charge in [-0.05, 0) is 24.3 Å². The third-order valence-electron chi connectivity index (χ3n) is 2.68. The average Bonchev–Trinajstić information content (AvgIpc) is 2.48. The van der Waals surface area contributed by atoms with Crippen LogP contribution >= 0.6 is 0 Å². The van der Waals surface area contributed by atoms with Gasteiger partial charge in [0.05, 0.1) is 32.5 Å². The fourth-order valence-electron chi connectivity index (χ4n) is 1.67. The maximum atomic E-state index is 11.8. The van der Waals surface area contributed by atoms with E-state index >= 15 is 0 Å². The molecular formula is C13H15NO5. The molecule has 1 unspecified atom stereocenters. The highest BCUT2D eigenvalue weighted by molar-refractivity contribution is 5.95. The number of hydrogen-bond acceptors (Lipinski definition) is 5. The number of hydrogen-bond donors (Lipinski definition) is 1. The first kappa shape index (κ1) is 13.5. The van der Waals surface area contributed by atoms with Crippen molar-refractivity contribution in [3.63, 3.8) is 0 Å². The van der Waals surface area contributed by atoms with Crippen LogP contribution in [0.5, 0.6) is 0 Å². The van der Waals surface area contributed by atoms with Crippen LogP contribution in [0.2, 0.25) is 0 Å². The number of carbonyl (C=O) groups excluding carboxylic acids is 2. The summed E-state index contributed by atoms with van der Waals surface area (Å²) >= 11 is 0. The van der Waals surface area contributed by atoms with Crippen molar-refractivity contribution < 1.29 is 23.8 Å². The molecular weight excluding hydrogens is 250 g/mol. The molecule has 1 aromatic rings. The van der Waals surface area contributed by atoms with Crippen LogP contribution < -0.4 is 5.32 Å². The Morgan fingerprint density at radius 3 is 2.58 bits per heavy atom. The summed E-state index contributed by atoms with van der Waals surface area (Å²) in [7, 11) is 1.32. The van der Waals surface area contributed by atoms with Gasteiger partial charge in [0, 0.05) is 5.69 Å². The van der Waals surface area contributed by atoms with Gasteiger partial charge in [0.25, 0.3) is 5.91 Å². The van der Waals surface area contributed by atoms with Gasteiger partial charge >= 0.3 is 5.97 Å². The number of anilines is 1. The van der Waals surface area contributed by atoms with E-state index in [-0.39, 0.29) is 12.5 Å². The van der Waals surface area contributed by atoms with Gasteiger partial charge in [0.1, 0.15) is 0 Å². The van der Waals surface area contributed by atoms with Crippen LogP contribution in [-0.2, 0) is 19.0 Å². The summed E-state index contributed by atoms with van der Waals surface area (Å²) < 4.78 is 15.0. The smallest absolute Gasteiger partial charge is 0.337 e. The van der Waals surface area contributed by atoms with Crippen molar-refractivity contribution in [2.45, 2.75) is 6.10 Å². The van der Waals surface area contributed by atoms with E-state index in [2.05, 4.69) is 10.1 Å². The van der Waals surface area contributed by atoms with Crippen molar-refractivity contribution in [2.75, 3.05) is 32.2 Å². The molecule has 1 fully saturated rings. The van der Waals surface area contributed by atoms with Gasteiger partial charge in [0.15, 0.2) is 6.10 Å². The molecule has 1 amide bonds. The Morgan fingerprint density at radius 2 is 2.00 bits per heavy atom. The van der Waals surface area contributed by atoms with E-state index in [1.165, 1.54) is 7.11 Å². The monoisotopic (exact) mass is 265 g/mol. The zero-order chi connectivity index (χ0) is 13.7. The number of ether oxygens (including phenoxy) is 3. The van der Waals surface area contributed by atoms with Gasteiger partial charge in [0.2, 0.25) is 0 Å². The Kier molecular flexibility index (Phi) is 4.48. The van der Waals surface area contributed by atoms with Crippen LogP contribution in [0.25, 0.3) is 0 Å². The molecule has 0 radical (unpaired) electrons. The highest BCUT2D eigenvalue weighted by atomic mass is 16.6. The summed E-state index contributed by atoms with van der Waals surface area (Å²) in [5.41, 5.74) is 1.02. The first-order chi connectivity index (χ1) is 9.20. The minimum Gasteiger partial charge on any atom is -0.465 e. The van der Waals surface area contributed by atoms with Crippen molar-refractivity contribution >= 4 is 17.6 Å². The Labute approximate surface area is 110 Å². The number of benzene rings is 1. The maximum absolute atomic E-state index is 11.8. The van der Waals surface area contributed by atoms with E-state index in [4.69, 9.17) is 9.47 Å². The second-order valence-corrected chi connectivity index (χ2v) is 3.99. The summed E-state index contributed by atoms with van der Waals surface area (Å²) in [5.74, 6) is -0.674. The summed E-state index contributed by atoms with van der Waals surface area (Å²) in [6.07, 6.45) is -0.589. The van der Waals surface area contributed by atoms with Gasteiger partial charge in [-0.1, -0.05) is 0 Å². The third kappa shape index (κ3) is 3.52. The Hall–Kier alpha value is -1.92. The van der Waals surface area contributed by atoms with E-state index in [0.717, 1.165) is 0 Å². The van der Waals surface area contributed by atoms with Crippen LogP contribution in [0.1, 0.15) is 10.4 Å². The quantitative estimate of drug-likeness (QED) is 0.819. The van der Waals surface area contributed by atoms with E-state index in [0.29, 0.717) is 24.5 Å². The number of carbonyl (C=O) groups is 2. The molecule has 6 nitrogen and oxygen atoms in total. The van der Waals surface area contributed by atoms with Crippen molar-refractivity contribution in [1.82, 2.24) is 0 Å². The van der Waals surface area contributed by atoms with Gasteiger partial charge in [-0.3, -0.25) is 4.79 Å². The van der Waals surface area contributed by atoms with Crippen molar-refractivity contribution in [1.29, 1.82) is 0 Å². The molecule has 1 aliphatic rings. The van der Waals surface area contributed by atoms with E-state index < -0.39 is 12.1 Å². The van der Waals surface area contributed by atoms with Crippen LogP contribution in [0.3, 0.4) is 0 Å². The second-order valence-electron chi connectivity index (χ2n) is 3.99. The largest absolute Gasteiger partial charge is 0.465 e. The molecule has 1 aromatic carbocycles. The minimum absolute atomic E-state index is 0.256. The molecule has 1 aliphatic heterocycles. The van der Waals surface area contributed by atoms with Crippen LogP contribution in [-0.4, -0.2) is 44.9 Å². The fraction of sp³-hybridized carbons (Fsp3) is 0.385. The predicted molar refractivity (Wildman–Crippen MR) is 67.0 cm³/mol. The highest BCUT2D eigenvalue weighted by Gasteiger charge is 2.22. The molecule has 0 spiro atoms. The zero-order valence-corrected chi connectivity index (χ0v) is 10.5. The normalized spacial score (nSPS) is 18.7. The van der Waals surface area contributed by atoms with Crippen molar-refractivity contribution in [3.8, 4) is 0 Å². The van der Waals surface area contributed by atoms with Crippen LogP contribution in [0.4, 0.5) is 5.69 Å². The number of rotatable bonds is 3. The van der Waals surface area contributed by atoms with E-state index in [9.17, 15) is 9.59 Å². The van der Waals surface area contributed by atoms with E-state index in [1.54, 1.807) is 24.3 Å². The topological polar surface area (TPSA) is 73.9 Å². The number of esters is 1. The molecule has 1 atom stereocenters. The molecule has 1 N–H and O–H groups in total. The SMILES string of the molecule is COC(=O)c1ccc(NC(=O)C2COCCO2)cc1. The van der Waals surface area contributed by atoms with Gasteiger partial charge in [-0.2, -0.15) is 0 Å². The number of nitrogens with one attached hydrogen (secondary N) is 1. The summed E-state index contributed by atoms with van der Waals surface area (Å²) in [6.45, 7) is 1.18. The Morgan fingerprint density at radius 1 is 1.26 bits per heavy atom. The molecule has 102 valence electrons. The molecule has 2 rings (SSSR count). The van der Waals surface area contributed by atoms with Gasteiger partial charge in [-0.15, -0.1) is 0 Å². The van der Waals surface area contributed by atoms with Crippen molar-refractivity contribution in [2.24, 2.45) is 0 Å². The summed E-state index contributed by atoms with van der Waals surface area (Å²) in [5, 5.41) is 2.70. The molecule has 1 saturated heterocycles. The second kappa shape index (κ2) is 6.31. The Bertz CT molecular complexity index is 451. The molecule has 0 aromatic heterocycles. The lowest BCUT2D eigenvalue weighted by atomic mass is 10.2. The third-order valence-corrected chi connectivity index (χ3v) is 2.68. The molecule has 0 aliphatic carbocycles. The van der Waals surface area contributed by atoms with Crippen molar-refractivity contribution in [3.05, 3.63) is 29.8 Å². The number of amides is 1.